The lowest BCUT2D eigenvalue weighted by atomic mass is 9.78. The summed E-state index contributed by atoms with van der Waals surface area (Å²) < 4.78 is 94.6. The van der Waals surface area contributed by atoms with E-state index < -0.39 is 102 Å². The van der Waals surface area contributed by atoms with Crippen molar-refractivity contribution >= 4 is 63.2 Å². The zero-order chi connectivity index (χ0) is 95.7. The predicted octanol–water partition coefficient (Wildman–Crippen LogP) is 11.1. The number of azide groups is 1. The molecule has 16 atom stereocenters. The third-order valence-electron chi connectivity index (χ3n) is 25.8. The van der Waals surface area contributed by atoms with Gasteiger partial charge >= 0.3 is 11.9 Å². The summed E-state index contributed by atoms with van der Waals surface area (Å²) in [5.41, 5.74) is 24.1. The molecule has 5 aliphatic rings. The van der Waals surface area contributed by atoms with Gasteiger partial charge in [0.05, 0.1) is 162 Å². The molecule has 36 heteroatoms. The number of hydrogen-bond acceptors (Lipinski definition) is 30. The molecule has 1 saturated carbocycles. The van der Waals surface area contributed by atoms with Crippen LogP contribution in [0.4, 0.5) is 5.82 Å². The van der Waals surface area contributed by atoms with E-state index in [-0.39, 0.29) is 61.7 Å². The van der Waals surface area contributed by atoms with Gasteiger partial charge in [-0.1, -0.05) is 94.4 Å². The number of methoxy groups -OCH3 is 3. The molecule has 0 unspecified atom stereocenters. The fourth-order valence-corrected chi connectivity index (χ4v) is 18.0. The molecule has 10 rings (SSSR count). The number of aliphatic hydroxyl groups is 2. The maximum absolute atomic E-state index is 14.9. The zero-order valence-electron chi connectivity index (χ0n) is 80.0. The quantitative estimate of drug-likeness (QED) is 0.00535. The van der Waals surface area contributed by atoms with E-state index in [0.29, 0.717) is 251 Å². The van der Waals surface area contributed by atoms with Gasteiger partial charge in [-0.05, 0) is 166 Å². The van der Waals surface area contributed by atoms with Crippen molar-refractivity contribution in [1.29, 1.82) is 0 Å². The number of nitrogens with one attached hydrogen (secondary N) is 1. The van der Waals surface area contributed by atoms with Gasteiger partial charge in [0.1, 0.15) is 53.9 Å². The Morgan fingerprint density at radius 1 is 0.701 bits per heavy atom. The molecular formula is C98H144N12O24. The third kappa shape index (κ3) is 32.7. The second-order valence-electron chi connectivity index (χ2n) is 35.7. The van der Waals surface area contributed by atoms with Crippen LogP contribution < -0.4 is 5.73 Å². The molecule has 2 saturated heterocycles. The Kier molecular flexibility index (Phi) is 45.4. The number of Topliss-reactive ketones (excluding diaryl/α,β-unsaturated/α-hetero) is 2. The summed E-state index contributed by atoms with van der Waals surface area (Å²) in [4.78, 5) is 107. The van der Waals surface area contributed by atoms with Crippen molar-refractivity contribution in [2.75, 3.05) is 172 Å². The molecule has 3 fully saturated rings. The average molecular weight is 1870 g/mol. The summed E-state index contributed by atoms with van der Waals surface area (Å²) in [6, 6.07) is 8.30. The number of piperidine rings is 1. The number of ether oxygens (including phenoxy) is 16. The van der Waals surface area contributed by atoms with Crippen molar-refractivity contribution in [3.63, 3.8) is 0 Å². The number of ketones is 2. The molecule has 4 aromatic heterocycles. The van der Waals surface area contributed by atoms with Gasteiger partial charge in [0.25, 0.3) is 11.7 Å². The van der Waals surface area contributed by atoms with Gasteiger partial charge in [0, 0.05) is 107 Å². The first-order valence-corrected chi connectivity index (χ1v) is 47.7. The van der Waals surface area contributed by atoms with Crippen molar-refractivity contribution in [3.8, 4) is 11.3 Å². The van der Waals surface area contributed by atoms with Crippen molar-refractivity contribution in [2.45, 2.75) is 225 Å². The Balaban J connectivity index is 0.532. The topological polar surface area (TPSA) is 444 Å². The number of hydrogen-bond donors (Lipinski definition) is 4. The number of H-pyrrole nitrogens is 1. The van der Waals surface area contributed by atoms with Crippen molar-refractivity contribution in [2.24, 2.45) is 40.6 Å². The SMILES string of the molecule is CO[C@H]1C[C@@H]2CC[C@@H](C)[C@@](O)(O2)C(=O)C(=O)N2CCCC[C@H]2C(=O)O[C@H]([C@H](C)C[C@@H]2CC[C@@H](OC(=O)CCCOCCOCCOCCOCCOCCOCCOCCOCCOCCOCCC(=O)N3CCc4cc(Cn5nc(-c6cnc7[nH]ccc7c6)c6c(N)ncnc65)ccc4C3)[C@H](OC)C2)C[C@H](N=[N+]=[N-])[C@H](C)/C=C(\C)[C@@H](O)[C@@H](OC)C(=O)[C@H](C)C[C@H](C)/C=C/C=C/C=C/1C. The highest BCUT2D eigenvalue weighted by Crippen LogP contribution is 2.40. The summed E-state index contributed by atoms with van der Waals surface area (Å²) in [6.45, 7) is 22.4. The van der Waals surface area contributed by atoms with Crippen LogP contribution in [-0.4, -0.2) is 312 Å². The molecule has 5 aromatic rings. The molecule has 5 N–H and O–H groups in total. The Labute approximate surface area is 786 Å². The van der Waals surface area contributed by atoms with E-state index in [1.807, 2.05) is 92.9 Å². The number of fused-ring (bicyclic) bond motifs is 6. The van der Waals surface area contributed by atoms with Gasteiger partial charge in [-0.25, -0.2) is 24.4 Å². The number of cyclic esters (lactones) is 1. The first-order chi connectivity index (χ1) is 64.9. The highest BCUT2D eigenvalue weighted by Gasteiger charge is 2.53. The number of aromatic nitrogens is 6. The highest BCUT2D eigenvalue weighted by molar-refractivity contribution is 6.39. The molecule has 8 heterocycles. The second kappa shape index (κ2) is 56.7. The van der Waals surface area contributed by atoms with Gasteiger partial charge in [0.15, 0.2) is 11.4 Å². The van der Waals surface area contributed by atoms with E-state index in [1.165, 1.54) is 23.9 Å². The number of carbonyl (C=O) groups is 6. The average Bonchev–Trinajstić information content (AvgIpc) is 1.25. The smallest absolute Gasteiger partial charge is 0.329 e. The van der Waals surface area contributed by atoms with E-state index in [2.05, 4.69) is 48.2 Å². The van der Waals surface area contributed by atoms with Gasteiger partial charge in [0.2, 0.25) is 11.7 Å². The minimum Gasteiger partial charge on any atom is -0.461 e. The molecule has 36 nitrogen and oxygen atoms in total. The van der Waals surface area contributed by atoms with E-state index in [0.717, 1.165) is 39.7 Å². The predicted molar refractivity (Wildman–Crippen MR) is 498 cm³/mol. The van der Waals surface area contributed by atoms with Crippen molar-refractivity contribution in [1.82, 2.24) is 39.5 Å². The Morgan fingerprint density at radius 2 is 1.36 bits per heavy atom. The Bertz CT molecular complexity index is 4670. The fourth-order valence-electron chi connectivity index (χ4n) is 18.0. The number of pyridine rings is 1. The van der Waals surface area contributed by atoms with Crippen molar-refractivity contribution in [3.05, 3.63) is 124 Å². The molecule has 134 heavy (non-hydrogen) atoms. The molecule has 0 radical (unpaired) electrons. The summed E-state index contributed by atoms with van der Waals surface area (Å²) in [5.74, 6) is -7.92. The minimum atomic E-state index is -2.48. The highest BCUT2D eigenvalue weighted by atomic mass is 16.6. The largest absolute Gasteiger partial charge is 0.461 e. The van der Waals surface area contributed by atoms with Crippen LogP contribution in [0.1, 0.15) is 161 Å². The number of carbonyl (C=O) groups excluding carboxylic acids is 6. The number of aliphatic hydroxyl groups excluding tert-OH is 1. The molecule has 740 valence electrons. The molecule has 4 aliphatic heterocycles. The zero-order valence-corrected chi connectivity index (χ0v) is 80.0. The lowest BCUT2D eigenvalue weighted by Gasteiger charge is -2.43. The number of aromatic amines is 1. The molecule has 1 aromatic carbocycles. The minimum absolute atomic E-state index is 0.00397. The Morgan fingerprint density at radius 3 is 2.00 bits per heavy atom. The van der Waals surface area contributed by atoms with Crippen LogP contribution in [0.2, 0.25) is 0 Å². The number of rotatable bonds is 45. The first-order valence-electron chi connectivity index (χ1n) is 47.7. The number of amides is 2. The fraction of sp³-hybridized carbons (Fsp3) is 0.673. The van der Waals surface area contributed by atoms with Gasteiger partial charge in [-0.2, -0.15) is 5.10 Å². The molecule has 2 amide bonds. The lowest BCUT2D eigenvalue weighted by Crippen LogP contribution is -2.61. The molecular weight excluding hydrogens is 1730 g/mol. The number of nitrogen functional groups attached to an aromatic ring is 1. The normalized spacial score (nSPS) is 26.7. The Hall–Kier alpha value is -8.89. The summed E-state index contributed by atoms with van der Waals surface area (Å²) in [6.07, 6.45) is 17.5. The van der Waals surface area contributed by atoms with Crippen LogP contribution >= 0.6 is 0 Å². The second-order valence-corrected chi connectivity index (χ2v) is 35.7. The first kappa shape index (κ1) is 107. The standard InChI is InChI=1S/C98H144N12O24/c1-65-17-12-11-13-18-66(2)82(119-8)59-78-25-21-71(7)98(118,134-78)92(115)96(116)109-31-15-14-19-80(109)97(117)133-83(60-79(105-107-100)67(3)54-70(6)90(114)91(121-10)89(113)69(5)53-65)68(4)55-72-23-26-81(84(57-72)120-9)132-86(112)20-16-33-122-35-37-124-39-41-126-43-45-128-47-49-130-51-52-131-50-48-129-46-44-127-42-40-125-38-36-123-34-29-85(111)108-32-28-74-56-73(22-24-76(74)63-108)62-110-95-87(93(99)103-64-104-95)88(106-110)77-58-75-27-30-101-94(75)102-61-77/h11-13,17-18,22,24,27,30,54,56,58,61,64-65,67-69,71-72,78-84,90-91,114,118H,14-16,19-21,23,25-26,28-29,31-53,55,57,59-60,62-63H2,1-10H3,(H,101,102)(H2,99,103,104)/b13-11+,17-12+,66-18+,70-54+/t65-,67-,68-,69-,71-,72+,78+,79+,80+,81-,82+,83+,84-,90-,91+,98-/m1/s1. The maximum Gasteiger partial charge on any atom is 0.329 e. The van der Waals surface area contributed by atoms with E-state index in [4.69, 9.17) is 86.6 Å². The summed E-state index contributed by atoms with van der Waals surface area (Å²) in [7, 11) is 4.53. The lowest BCUT2D eigenvalue weighted by molar-refractivity contribution is -0.265. The molecule has 0 spiro atoms. The number of benzene rings is 1. The van der Waals surface area contributed by atoms with Crippen molar-refractivity contribution < 1.29 is 115 Å². The third-order valence-corrected chi connectivity index (χ3v) is 25.8. The molecule has 1 aliphatic carbocycles. The maximum atomic E-state index is 14.9. The number of allylic oxidation sites excluding steroid dienone is 5. The van der Waals surface area contributed by atoms with Crippen LogP contribution in [0.15, 0.2) is 102 Å². The number of esters is 2. The summed E-state index contributed by atoms with van der Waals surface area (Å²) in [5, 5.41) is 34.8. The van der Waals surface area contributed by atoms with E-state index in [9.17, 15) is 44.5 Å². The number of anilines is 1. The van der Waals surface area contributed by atoms with Gasteiger partial charge in [-0.3, -0.25) is 24.0 Å². The van der Waals surface area contributed by atoms with E-state index >= 15 is 0 Å². The number of nitrogens with zero attached hydrogens (tertiary/aromatic N) is 10. The monoisotopic (exact) mass is 1870 g/mol. The van der Waals surface area contributed by atoms with Gasteiger partial charge < -0.3 is 107 Å². The summed E-state index contributed by atoms with van der Waals surface area (Å²) >= 11 is 0. The number of nitrogens with two attached hydrogens (primary N) is 1. The van der Waals surface area contributed by atoms with Gasteiger partial charge in [-0.15, -0.1) is 0 Å². The van der Waals surface area contributed by atoms with Crippen LogP contribution in [-0.2, 0) is 124 Å². The van der Waals surface area contributed by atoms with Crippen LogP contribution in [0.5, 0.6) is 0 Å². The van der Waals surface area contributed by atoms with Crippen LogP contribution in [0.25, 0.3) is 43.8 Å². The van der Waals surface area contributed by atoms with Crippen LogP contribution in [0.3, 0.4) is 0 Å². The van der Waals surface area contributed by atoms with Crippen LogP contribution in [0, 0.1) is 35.5 Å². The van der Waals surface area contributed by atoms with E-state index in [1.54, 1.807) is 40.3 Å². The molecule has 2 bridgehead atoms.